The molecule has 1 saturated carbocycles. The van der Waals surface area contributed by atoms with E-state index < -0.39 is 0 Å². The van der Waals surface area contributed by atoms with Crippen molar-refractivity contribution in [3.05, 3.63) is 47.8 Å². The average Bonchev–Trinajstić information content (AvgIpc) is 3.32. The highest BCUT2D eigenvalue weighted by atomic mass is 16.5. The van der Waals surface area contributed by atoms with Gasteiger partial charge in [0.05, 0.1) is 0 Å². The van der Waals surface area contributed by atoms with E-state index in [0.717, 1.165) is 37.5 Å². The smallest absolute Gasteiger partial charge is 0.272 e. The Balaban J connectivity index is 1.47. The summed E-state index contributed by atoms with van der Waals surface area (Å²) in [5, 5.41) is 4.55. The van der Waals surface area contributed by atoms with Crippen LogP contribution in [0.15, 0.2) is 36.4 Å². The molecule has 0 spiro atoms. The first-order chi connectivity index (χ1) is 11.3. The van der Waals surface area contributed by atoms with Gasteiger partial charge in [0.2, 0.25) is 0 Å². The van der Waals surface area contributed by atoms with E-state index in [9.17, 15) is 4.79 Å². The topological polar surface area (TPSA) is 47.4 Å². The molecule has 1 amide bonds. The summed E-state index contributed by atoms with van der Waals surface area (Å²) in [6.45, 7) is 2.93. The standard InChI is InChI=1S/C18H21N3O2/c22-18-17-11-15(13-23-16-5-2-1-3-6-16)19-21(17)10-4-9-20(18)12-14-7-8-14/h1-3,5-6,11,14H,4,7-10,12-13H2. The van der Waals surface area contributed by atoms with Gasteiger partial charge < -0.3 is 9.64 Å². The van der Waals surface area contributed by atoms with Crippen LogP contribution in [-0.2, 0) is 13.2 Å². The summed E-state index contributed by atoms with van der Waals surface area (Å²) < 4.78 is 7.58. The zero-order chi connectivity index (χ0) is 15.6. The Hall–Kier alpha value is -2.30. The Morgan fingerprint density at radius 1 is 1.17 bits per heavy atom. The van der Waals surface area contributed by atoms with Gasteiger partial charge in [0.25, 0.3) is 5.91 Å². The number of nitrogens with zero attached hydrogens (tertiary/aromatic N) is 3. The van der Waals surface area contributed by atoms with Gasteiger partial charge in [0, 0.05) is 19.6 Å². The molecule has 5 nitrogen and oxygen atoms in total. The lowest BCUT2D eigenvalue weighted by atomic mass is 10.3. The number of hydrogen-bond acceptors (Lipinski definition) is 3. The summed E-state index contributed by atoms with van der Waals surface area (Å²) in [5.41, 5.74) is 1.51. The molecule has 23 heavy (non-hydrogen) atoms. The molecule has 0 radical (unpaired) electrons. The summed E-state index contributed by atoms with van der Waals surface area (Å²) in [7, 11) is 0. The summed E-state index contributed by atoms with van der Waals surface area (Å²) >= 11 is 0. The number of amides is 1. The van der Waals surface area contributed by atoms with Gasteiger partial charge in [0.15, 0.2) is 0 Å². The highest BCUT2D eigenvalue weighted by Gasteiger charge is 2.30. The highest BCUT2D eigenvalue weighted by molar-refractivity contribution is 5.93. The van der Waals surface area contributed by atoms with Crippen LogP contribution in [0.2, 0.25) is 0 Å². The van der Waals surface area contributed by atoms with Crippen molar-refractivity contribution in [2.24, 2.45) is 5.92 Å². The van der Waals surface area contributed by atoms with Crippen LogP contribution in [0.4, 0.5) is 0 Å². The summed E-state index contributed by atoms with van der Waals surface area (Å²) in [6, 6.07) is 11.6. The predicted molar refractivity (Wildman–Crippen MR) is 86.2 cm³/mol. The van der Waals surface area contributed by atoms with Gasteiger partial charge in [-0.2, -0.15) is 5.10 Å². The molecule has 0 saturated heterocycles. The fraction of sp³-hybridized carbons (Fsp3) is 0.444. The van der Waals surface area contributed by atoms with Gasteiger partial charge in [-0.15, -0.1) is 0 Å². The molecule has 2 aromatic rings. The molecule has 1 aromatic heterocycles. The van der Waals surface area contributed by atoms with E-state index in [2.05, 4.69) is 5.10 Å². The molecular weight excluding hydrogens is 290 g/mol. The molecule has 1 fully saturated rings. The minimum atomic E-state index is 0.118. The lowest BCUT2D eigenvalue weighted by Gasteiger charge is -2.19. The van der Waals surface area contributed by atoms with Crippen LogP contribution in [0.25, 0.3) is 0 Å². The number of benzene rings is 1. The maximum atomic E-state index is 12.7. The Morgan fingerprint density at radius 2 is 2.00 bits per heavy atom. The minimum absolute atomic E-state index is 0.118. The van der Waals surface area contributed by atoms with E-state index in [1.54, 1.807) is 0 Å². The molecule has 2 aliphatic rings. The van der Waals surface area contributed by atoms with Crippen LogP contribution in [0, 0.1) is 5.92 Å². The maximum Gasteiger partial charge on any atom is 0.272 e. The molecule has 1 aliphatic carbocycles. The Labute approximate surface area is 135 Å². The van der Waals surface area contributed by atoms with Gasteiger partial charge in [-0.1, -0.05) is 18.2 Å². The second-order valence-corrected chi connectivity index (χ2v) is 6.39. The van der Waals surface area contributed by atoms with Gasteiger partial charge in [-0.25, -0.2) is 0 Å². The molecule has 0 bridgehead atoms. The highest BCUT2D eigenvalue weighted by Crippen LogP contribution is 2.30. The summed E-state index contributed by atoms with van der Waals surface area (Å²) in [4.78, 5) is 14.7. The Kier molecular flexibility index (Phi) is 3.77. The van der Waals surface area contributed by atoms with Crippen LogP contribution in [0.3, 0.4) is 0 Å². The third-order valence-corrected chi connectivity index (χ3v) is 4.44. The lowest BCUT2D eigenvalue weighted by molar-refractivity contribution is 0.0750. The van der Waals surface area contributed by atoms with E-state index in [-0.39, 0.29) is 5.91 Å². The average molecular weight is 311 g/mol. The van der Waals surface area contributed by atoms with E-state index in [0.29, 0.717) is 18.2 Å². The fourth-order valence-electron chi connectivity index (χ4n) is 3.02. The van der Waals surface area contributed by atoms with Crippen LogP contribution in [0.1, 0.15) is 35.4 Å². The van der Waals surface area contributed by atoms with Gasteiger partial charge in [-0.05, 0) is 43.4 Å². The maximum absolute atomic E-state index is 12.7. The first kappa shape index (κ1) is 14.3. The van der Waals surface area contributed by atoms with E-state index in [4.69, 9.17) is 4.74 Å². The van der Waals surface area contributed by atoms with E-state index >= 15 is 0 Å². The Morgan fingerprint density at radius 3 is 2.78 bits per heavy atom. The van der Waals surface area contributed by atoms with Crippen molar-refractivity contribution in [3.8, 4) is 5.75 Å². The van der Waals surface area contributed by atoms with Gasteiger partial charge in [-0.3, -0.25) is 9.48 Å². The second kappa shape index (κ2) is 6.07. The largest absolute Gasteiger partial charge is 0.487 e. The summed E-state index contributed by atoms with van der Waals surface area (Å²) in [6.07, 6.45) is 3.49. The third-order valence-electron chi connectivity index (χ3n) is 4.44. The number of rotatable bonds is 5. The van der Waals surface area contributed by atoms with Crippen molar-refractivity contribution < 1.29 is 9.53 Å². The summed E-state index contributed by atoms with van der Waals surface area (Å²) in [5.74, 6) is 1.65. The number of aryl methyl sites for hydroxylation is 1. The molecule has 1 aliphatic heterocycles. The van der Waals surface area contributed by atoms with Crippen molar-refractivity contribution in [2.75, 3.05) is 13.1 Å². The molecular formula is C18H21N3O2. The first-order valence-corrected chi connectivity index (χ1v) is 8.33. The van der Waals surface area contributed by atoms with Crippen LogP contribution >= 0.6 is 0 Å². The quantitative estimate of drug-likeness (QED) is 0.853. The lowest BCUT2D eigenvalue weighted by Crippen LogP contribution is -2.32. The predicted octanol–water partition coefficient (Wildman–Crippen LogP) is 2.72. The van der Waals surface area contributed by atoms with E-state index in [1.165, 1.54) is 12.8 Å². The molecule has 0 atom stereocenters. The molecule has 0 unspecified atom stereocenters. The number of fused-ring (bicyclic) bond motifs is 1. The number of para-hydroxylation sites is 1. The third kappa shape index (κ3) is 3.23. The molecule has 4 rings (SSSR count). The molecule has 2 heterocycles. The monoisotopic (exact) mass is 311 g/mol. The number of carbonyl (C=O) groups excluding carboxylic acids is 1. The van der Waals surface area contributed by atoms with Crippen LogP contribution < -0.4 is 4.74 Å². The number of carbonyl (C=O) groups is 1. The minimum Gasteiger partial charge on any atom is -0.487 e. The molecule has 5 heteroatoms. The van der Waals surface area contributed by atoms with Crippen LogP contribution in [-0.4, -0.2) is 33.7 Å². The van der Waals surface area contributed by atoms with Crippen molar-refractivity contribution in [3.63, 3.8) is 0 Å². The van der Waals surface area contributed by atoms with E-state index in [1.807, 2.05) is 46.0 Å². The van der Waals surface area contributed by atoms with Crippen molar-refractivity contribution >= 4 is 5.91 Å². The first-order valence-electron chi connectivity index (χ1n) is 8.33. The molecule has 0 N–H and O–H groups in total. The molecule has 120 valence electrons. The SMILES string of the molecule is O=C1c2cc(COc3ccccc3)nn2CCCN1CC1CC1. The normalized spacial score (nSPS) is 17.7. The van der Waals surface area contributed by atoms with Crippen molar-refractivity contribution in [2.45, 2.75) is 32.4 Å². The van der Waals surface area contributed by atoms with Crippen LogP contribution in [0.5, 0.6) is 5.75 Å². The zero-order valence-electron chi connectivity index (χ0n) is 13.1. The van der Waals surface area contributed by atoms with Crippen molar-refractivity contribution in [1.29, 1.82) is 0 Å². The van der Waals surface area contributed by atoms with Gasteiger partial charge in [0.1, 0.15) is 23.7 Å². The number of aromatic nitrogens is 2. The second-order valence-electron chi connectivity index (χ2n) is 6.39. The number of hydrogen-bond donors (Lipinski definition) is 0. The fourth-order valence-corrected chi connectivity index (χ4v) is 3.02. The zero-order valence-corrected chi connectivity index (χ0v) is 13.1. The Bertz CT molecular complexity index is 692. The molecule has 1 aromatic carbocycles. The van der Waals surface area contributed by atoms with Gasteiger partial charge >= 0.3 is 0 Å². The van der Waals surface area contributed by atoms with Crippen molar-refractivity contribution in [1.82, 2.24) is 14.7 Å². The number of ether oxygens (including phenoxy) is 1.